The molecule has 0 saturated heterocycles. The minimum absolute atomic E-state index is 0.684. The average molecular weight is 674 g/mol. The van der Waals surface area contributed by atoms with Crippen LogP contribution in [-0.2, 0) is 0 Å². The van der Waals surface area contributed by atoms with Crippen LogP contribution in [-0.4, -0.2) is 32.1 Å². The topological polar surface area (TPSA) is 0 Å². The van der Waals surface area contributed by atoms with Crippen molar-refractivity contribution in [3.05, 3.63) is 157 Å². The van der Waals surface area contributed by atoms with Crippen molar-refractivity contribution in [1.82, 2.24) is 0 Å². The first kappa shape index (κ1) is 31.8. The number of benzene rings is 6. The van der Waals surface area contributed by atoms with E-state index in [0.29, 0.717) is 0 Å². The van der Waals surface area contributed by atoms with Gasteiger partial charge in [-0.05, 0) is 35.3 Å². The third-order valence-corrected chi connectivity index (χ3v) is 31.2. The number of hydrogen-bond acceptors (Lipinski definition) is 0. The Labute approximate surface area is 286 Å². The summed E-state index contributed by atoms with van der Waals surface area (Å²) in [7, 11) is -8.09. The molecule has 1 aliphatic heterocycles. The first-order valence-corrected chi connectivity index (χ1v) is 28.0. The Kier molecular flexibility index (Phi) is 8.12. The Hall–Kier alpha value is -3.81. The molecule has 1 radical (unpaired) electrons. The third kappa shape index (κ3) is 4.80. The SMILES string of the molecule is Cc1cc2c(cc1[Si](C)C)-c1cc([Si](C)(C)C)c(C)cc1[Si](c1ccccc1)(c1ccccc1)[Si]2(c1ccccc1)c1ccccc1. The maximum Gasteiger partial charge on any atom is 0.155 e. The Morgan fingerprint density at radius 3 is 1.13 bits per heavy atom. The van der Waals surface area contributed by atoms with E-state index < -0.39 is 32.1 Å². The largest absolute Gasteiger partial charge is 0.155 e. The molecule has 0 aromatic heterocycles. The van der Waals surface area contributed by atoms with Crippen LogP contribution in [0.4, 0.5) is 0 Å². The molecule has 0 N–H and O–H groups in total. The summed E-state index contributed by atoms with van der Waals surface area (Å²) in [4.78, 5) is 0. The highest BCUT2D eigenvalue weighted by Crippen LogP contribution is 2.34. The fraction of sp³-hybridized carbons (Fsp3) is 0.163. The maximum absolute atomic E-state index is 2.89. The molecule has 0 spiro atoms. The molecule has 6 aromatic rings. The van der Waals surface area contributed by atoms with Crippen LogP contribution in [0.3, 0.4) is 0 Å². The van der Waals surface area contributed by atoms with Gasteiger partial charge in [-0.1, -0.05) is 221 Å². The van der Waals surface area contributed by atoms with Crippen LogP contribution in [0.25, 0.3) is 11.1 Å². The summed E-state index contributed by atoms with van der Waals surface area (Å²) < 4.78 is 0. The van der Waals surface area contributed by atoms with Crippen molar-refractivity contribution >= 4 is 73.5 Å². The predicted octanol–water partition coefficient (Wildman–Crippen LogP) is 5.51. The molecule has 0 atom stereocenters. The van der Waals surface area contributed by atoms with E-state index in [-0.39, 0.29) is 0 Å². The lowest BCUT2D eigenvalue weighted by Gasteiger charge is -2.54. The Bertz CT molecular complexity index is 1970. The van der Waals surface area contributed by atoms with Crippen molar-refractivity contribution in [1.29, 1.82) is 0 Å². The number of hydrogen-bond donors (Lipinski definition) is 0. The van der Waals surface area contributed by atoms with Gasteiger partial charge in [0.2, 0.25) is 0 Å². The fourth-order valence-electron chi connectivity index (χ4n) is 8.81. The van der Waals surface area contributed by atoms with Crippen molar-refractivity contribution in [2.24, 2.45) is 0 Å². The first-order chi connectivity index (χ1) is 22.6. The lowest BCUT2D eigenvalue weighted by molar-refractivity contribution is 1.48. The average Bonchev–Trinajstić information content (AvgIpc) is 3.08. The van der Waals surface area contributed by atoms with E-state index in [9.17, 15) is 0 Å². The lowest BCUT2D eigenvalue weighted by atomic mass is 10.0. The van der Waals surface area contributed by atoms with Gasteiger partial charge < -0.3 is 0 Å². The van der Waals surface area contributed by atoms with Gasteiger partial charge in [-0.25, -0.2) is 0 Å². The molecule has 233 valence electrons. The van der Waals surface area contributed by atoms with E-state index in [1.807, 2.05) is 0 Å². The van der Waals surface area contributed by atoms with Crippen molar-refractivity contribution in [2.75, 3.05) is 0 Å². The van der Waals surface area contributed by atoms with Crippen molar-refractivity contribution in [3.8, 4) is 11.1 Å². The zero-order valence-electron chi connectivity index (χ0n) is 28.9. The molecule has 0 bridgehead atoms. The zero-order valence-corrected chi connectivity index (χ0v) is 32.9. The van der Waals surface area contributed by atoms with Crippen LogP contribution in [0.5, 0.6) is 0 Å². The predicted molar refractivity (Wildman–Crippen MR) is 217 cm³/mol. The molecule has 0 nitrogen and oxygen atoms in total. The van der Waals surface area contributed by atoms with Crippen LogP contribution in [0.2, 0.25) is 32.7 Å². The van der Waals surface area contributed by atoms with Gasteiger partial charge in [-0.2, -0.15) is 0 Å². The molecule has 0 saturated carbocycles. The summed E-state index contributed by atoms with van der Waals surface area (Å²) in [5.41, 5.74) is 5.89. The molecular formula is C43H45Si4. The minimum atomic E-state index is -2.89. The van der Waals surface area contributed by atoms with Gasteiger partial charge in [0, 0.05) is 0 Å². The van der Waals surface area contributed by atoms with Gasteiger partial charge in [0.05, 0.1) is 16.9 Å². The zero-order chi connectivity index (χ0) is 33.0. The minimum Gasteiger partial charge on any atom is -0.0671 e. The molecule has 47 heavy (non-hydrogen) atoms. The van der Waals surface area contributed by atoms with Crippen LogP contribution in [0.15, 0.2) is 146 Å². The van der Waals surface area contributed by atoms with E-state index in [0.717, 1.165) is 0 Å². The molecule has 6 aromatic carbocycles. The third-order valence-electron chi connectivity index (χ3n) is 10.6. The van der Waals surface area contributed by atoms with Gasteiger partial charge >= 0.3 is 0 Å². The van der Waals surface area contributed by atoms with E-state index in [2.05, 4.69) is 192 Å². The highest BCUT2D eigenvalue weighted by Gasteiger charge is 2.65. The summed E-state index contributed by atoms with van der Waals surface area (Å²) in [6.45, 7) is 17.2. The van der Waals surface area contributed by atoms with Gasteiger partial charge in [-0.15, -0.1) is 0 Å². The second kappa shape index (κ2) is 12.0. The normalized spacial score (nSPS) is 14.8. The molecule has 1 aliphatic rings. The second-order valence-electron chi connectivity index (χ2n) is 14.6. The Balaban J connectivity index is 1.85. The highest BCUT2D eigenvalue weighted by molar-refractivity contribution is 7.68. The van der Waals surface area contributed by atoms with E-state index in [1.165, 1.54) is 43.0 Å². The number of aryl methyl sites for hydroxylation is 2. The quantitative estimate of drug-likeness (QED) is 0.205. The smallest absolute Gasteiger partial charge is 0.0671 e. The monoisotopic (exact) mass is 673 g/mol. The number of rotatable bonds is 6. The first-order valence-electron chi connectivity index (χ1n) is 17.0. The molecule has 0 amide bonds. The summed E-state index contributed by atoms with van der Waals surface area (Å²) in [5.74, 6) is 0. The van der Waals surface area contributed by atoms with Gasteiger partial charge in [0.15, 0.2) is 15.2 Å². The van der Waals surface area contributed by atoms with Crippen molar-refractivity contribution < 1.29 is 0 Å². The van der Waals surface area contributed by atoms with Crippen molar-refractivity contribution in [3.63, 3.8) is 0 Å². The molecule has 4 heteroatoms. The fourth-order valence-corrected chi connectivity index (χ4v) is 32.1. The summed E-state index contributed by atoms with van der Waals surface area (Å²) >= 11 is 0. The van der Waals surface area contributed by atoms with E-state index in [4.69, 9.17) is 0 Å². The van der Waals surface area contributed by atoms with Gasteiger partial charge in [-0.3, -0.25) is 0 Å². The van der Waals surface area contributed by atoms with E-state index in [1.54, 1.807) is 20.7 Å². The standard InChI is InChI=1S/C43H45Si4/c1-32-28-42-38(30-40(32)44(3)4)39-31-41(45(5,6)7)33(2)29-43(39)47(36-24-16-10-17-25-36,37-26-18-11-19-27-37)46(42,34-20-12-8-13-21-34)35-22-14-9-15-23-35/h8-31H,1-7H3. The molecular weight excluding hydrogens is 629 g/mol. The van der Waals surface area contributed by atoms with E-state index >= 15 is 0 Å². The Morgan fingerprint density at radius 1 is 0.447 bits per heavy atom. The highest BCUT2D eigenvalue weighted by atomic mass is 29.3. The Morgan fingerprint density at radius 2 is 0.787 bits per heavy atom. The van der Waals surface area contributed by atoms with Crippen LogP contribution < -0.4 is 41.5 Å². The molecule has 1 heterocycles. The summed E-state index contributed by atoms with van der Waals surface area (Å²) in [6.07, 6.45) is 0. The lowest BCUT2D eigenvalue weighted by Crippen LogP contribution is -2.95. The van der Waals surface area contributed by atoms with Crippen LogP contribution in [0, 0.1) is 13.8 Å². The van der Waals surface area contributed by atoms with Crippen LogP contribution in [0.1, 0.15) is 11.1 Å². The molecule has 0 fully saturated rings. The van der Waals surface area contributed by atoms with Gasteiger partial charge in [0.1, 0.15) is 0 Å². The summed E-state index contributed by atoms with van der Waals surface area (Å²) in [6, 6.07) is 57.6. The maximum atomic E-state index is 2.69. The van der Waals surface area contributed by atoms with Gasteiger partial charge in [0.25, 0.3) is 0 Å². The number of fused-ring (bicyclic) bond motifs is 3. The summed E-state index contributed by atoms with van der Waals surface area (Å²) in [5, 5.41) is 12.4. The second-order valence-corrected chi connectivity index (χ2v) is 33.1. The van der Waals surface area contributed by atoms with Crippen LogP contribution >= 0.6 is 0 Å². The molecule has 0 aliphatic carbocycles. The molecule has 0 unspecified atom stereocenters. The molecule has 7 rings (SSSR count). The van der Waals surface area contributed by atoms with Crippen molar-refractivity contribution in [2.45, 2.75) is 46.6 Å².